The summed E-state index contributed by atoms with van der Waals surface area (Å²) in [5, 5.41) is 17.5. The molecule has 2 atom stereocenters. The quantitative estimate of drug-likeness (QED) is 0.0985. The Hall–Kier alpha value is -3.94. The van der Waals surface area contributed by atoms with Crippen LogP contribution in [0.1, 0.15) is 11.3 Å². The highest BCUT2D eigenvalue weighted by Crippen LogP contribution is 2.41. The van der Waals surface area contributed by atoms with Crippen LogP contribution in [-0.4, -0.2) is 62.5 Å². The first-order valence-corrected chi connectivity index (χ1v) is 15.7. The van der Waals surface area contributed by atoms with Gasteiger partial charge in [0.15, 0.2) is 16.3 Å². The molecule has 0 saturated carbocycles. The van der Waals surface area contributed by atoms with E-state index in [2.05, 4.69) is 20.3 Å². The summed E-state index contributed by atoms with van der Waals surface area (Å²) in [5.41, 5.74) is 3.27. The molecule has 2 amide bonds. The normalized spacial score (nSPS) is 18.9. The molecule has 1 fully saturated rings. The van der Waals surface area contributed by atoms with Crippen molar-refractivity contribution in [3.05, 3.63) is 73.9 Å². The number of carbonyl (C=O) groups is 3. The Morgan fingerprint density at radius 2 is 2.09 bits per heavy atom. The lowest BCUT2D eigenvalue weighted by molar-refractivity contribution is -0.150. The van der Waals surface area contributed by atoms with Gasteiger partial charge in [-0.2, -0.15) is 13.2 Å². The molecular formula is C25H17F4N5O6S4. The lowest BCUT2D eigenvalue weighted by atomic mass is 10.0. The van der Waals surface area contributed by atoms with Crippen LogP contribution in [0.25, 0.3) is 10.1 Å². The summed E-state index contributed by atoms with van der Waals surface area (Å²) in [4.78, 5) is 59.9. The number of nitrogens with zero attached hydrogens (tertiary/aromatic N) is 3. The van der Waals surface area contributed by atoms with Gasteiger partial charge in [0.05, 0.1) is 15.2 Å². The summed E-state index contributed by atoms with van der Waals surface area (Å²) in [5.74, 6) is -2.91. The van der Waals surface area contributed by atoms with Gasteiger partial charge in [0.2, 0.25) is 0 Å². The number of aromatic nitrogens is 1. The minimum Gasteiger partial charge on any atom is -0.477 e. The van der Waals surface area contributed by atoms with E-state index in [1.807, 2.05) is 0 Å². The number of carboxylic acids is 1. The van der Waals surface area contributed by atoms with Crippen molar-refractivity contribution in [1.29, 1.82) is 0 Å². The molecule has 230 valence electrons. The van der Waals surface area contributed by atoms with E-state index in [4.69, 9.17) is 5.73 Å². The molecule has 2 aliphatic heterocycles. The molecule has 0 bridgehead atoms. The number of allylic oxidation sites excluding steroid dienone is 1. The first-order valence-electron chi connectivity index (χ1n) is 12.1. The predicted octanol–water partition coefficient (Wildman–Crippen LogP) is 4.01. The largest absolute Gasteiger partial charge is 0.477 e. The van der Waals surface area contributed by atoms with Gasteiger partial charge >= 0.3 is 12.1 Å². The molecule has 0 spiro atoms. The number of nitrogens with two attached hydrogens (primary N) is 1. The second-order valence-electron chi connectivity index (χ2n) is 8.82. The second kappa shape index (κ2) is 12.6. The molecule has 0 aliphatic carbocycles. The molecule has 1 unspecified atom stereocenters. The van der Waals surface area contributed by atoms with Gasteiger partial charge in [0.1, 0.15) is 22.8 Å². The number of amides is 2. The van der Waals surface area contributed by atoms with Gasteiger partial charge < -0.3 is 21.0 Å². The summed E-state index contributed by atoms with van der Waals surface area (Å²) in [6.07, 6.45) is -3.25. The van der Waals surface area contributed by atoms with Crippen LogP contribution in [0.5, 0.6) is 0 Å². The number of hydrogen-bond donors (Lipinski definition) is 3. The molecule has 2 aliphatic rings. The molecule has 3 aromatic rings. The van der Waals surface area contributed by atoms with Crippen molar-refractivity contribution < 1.29 is 41.9 Å². The average Bonchev–Trinajstić information content (AvgIpc) is 3.40. The summed E-state index contributed by atoms with van der Waals surface area (Å²) in [7, 11) is 0. The summed E-state index contributed by atoms with van der Waals surface area (Å²) in [6.45, 7) is -1.33. The number of aliphatic carboxylic acids is 1. The highest BCUT2D eigenvalue weighted by molar-refractivity contribution is 8.04. The molecule has 19 heteroatoms. The number of benzene rings is 1. The molecule has 0 radical (unpaired) electrons. The van der Waals surface area contributed by atoms with Gasteiger partial charge in [0, 0.05) is 21.9 Å². The third-order valence-electron chi connectivity index (χ3n) is 6.16. The number of nitrogen functional groups attached to an aromatic ring is 1. The van der Waals surface area contributed by atoms with Crippen LogP contribution in [0, 0.1) is 0 Å². The molecule has 2 aromatic heterocycles. The van der Waals surface area contributed by atoms with Crippen molar-refractivity contribution in [2.24, 2.45) is 5.16 Å². The Labute approximate surface area is 260 Å². The fraction of sp³-hybridized carbons (Fsp3) is 0.200. The number of thiazole rings is 1. The lowest BCUT2D eigenvalue weighted by Gasteiger charge is -2.49. The van der Waals surface area contributed by atoms with Crippen LogP contribution < -0.4 is 16.5 Å². The zero-order valence-corrected chi connectivity index (χ0v) is 24.9. The van der Waals surface area contributed by atoms with Gasteiger partial charge in [-0.05, 0) is 29.2 Å². The summed E-state index contributed by atoms with van der Waals surface area (Å²) < 4.78 is 53.1. The van der Waals surface area contributed by atoms with Crippen LogP contribution in [0.2, 0.25) is 0 Å². The predicted molar refractivity (Wildman–Crippen MR) is 158 cm³/mol. The lowest BCUT2D eigenvalue weighted by Crippen LogP contribution is -2.71. The van der Waals surface area contributed by atoms with Gasteiger partial charge in [-0.1, -0.05) is 23.0 Å². The Morgan fingerprint density at radius 1 is 1.32 bits per heavy atom. The van der Waals surface area contributed by atoms with Gasteiger partial charge in [-0.15, -0.1) is 34.4 Å². The number of oxime groups is 1. The number of carboxylic acid groups (broad SMARTS) is 1. The minimum atomic E-state index is -4.69. The highest BCUT2D eigenvalue weighted by Gasteiger charge is 2.54. The number of halogens is 4. The molecule has 1 saturated heterocycles. The molecule has 44 heavy (non-hydrogen) atoms. The first kappa shape index (κ1) is 31.5. The molecule has 4 N–H and O–H groups in total. The van der Waals surface area contributed by atoms with Crippen LogP contribution in [0.15, 0.2) is 66.6 Å². The minimum absolute atomic E-state index is 0.00774. The fourth-order valence-corrected chi connectivity index (χ4v) is 8.21. The zero-order chi connectivity index (χ0) is 31.8. The van der Waals surface area contributed by atoms with Crippen molar-refractivity contribution in [3.63, 3.8) is 0 Å². The van der Waals surface area contributed by atoms with Crippen LogP contribution in [0.4, 0.5) is 22.7 Å². The number of nitrogens with one attached hydrogen (secondary N) is 1. The SMILES string of the molecule is Nc1nc(/C(=N/OCF)C(=O)NC2C(=O)N3C(C(=O)O)=C(/C=C/Sc4cc(=O)c5c(C(F)(F)F)cccc5s4)CS[C@H]23)cs1. The van der Waals surface area contributed by atoms with Crippen molar-refractivity contribution in [2.75, 3.05) is 18.3 Å². The summed E-state index contributed by atoms with van der Waals surface area (Å²) >= 11 is 4.14. The maximum atomic E-state index is 13.4. The Bertz CT molecular complexity index is 1820. The van der Waals surface area contributed by atoms with E-state index >= 15 is 0 Å². The van der Waals surface area contributed by atoms with E-state index in [0.717, 1.165) is 51.5 Å². The van der Waals surface area contributed by atoms with Crippen LogP contribution in [-0.2, 0) is 25.4 Å². The maximum absolute atomic E-state index is 13.4. The van der Waals surface area contributed by atoms with Crippen molar-refractivity contribution in [3.8, 4) is 0 Å². The van der Waals surface area contributed by atoms with Gasteiger partial charge in [-0.3, -0.25) is 19.3 Å². The second-order valence-corrected chi connectivity index (χ2v) is 13.1. The first-order chi connectivity index (χ1) is 20.9. The maximum Gasteiger partial charge on any atom is 0.417 e. The average molecular weight is 688 g/mol. The fourth-order valence-electron chi connectivity index (χ4n) is 4.34. The Kier molecular flexibility index (Phi) is 9.00. The van der Waals surface area contributed by atoms with Crippen molar-refractivity contribution >= 4 is 84.9 Å². The van der Waals surface area contributed by atoms with E-state index in [1.165, 1.54) is 40.8 Å². The third-order valence-corrected chi connectivity index (χ3v) is 10.2. The molecule has 4 heterocycles. The number of alkyl halides is 4. The zero-order valence-electron chi connectivity index (χ0n) is 21.7. The number of thioether (sulfide) groups is 2. The van der Waals surface area contributed by atoms with Gasteiger partial charge in [0.25, 0.3) is 18.7 Å². The van der Waals surface area contributed by atoms with E-state index in [0.29, 0.717) is 4.21 Å². The van der Waals surface area contributed by atoms with Crippen molar-refractivity contribution in [2.45, 2.75) is 21.8 Å². The molecule has 1 aromatic carbocycles. The van der Waals surface area contributed by atoms with E-state index in [9.17, 15) is 41.8 Å². The molecule has 5 rings (SSSR count). The molecule has 11 nitrogen and oxygen atoms in total. The van der Waals surface area contributed by atoms with Crippen LogP contribution in [0.3, 0.4) is 0 Å². The standard InChI is InChI=1S/C25H17F4N5O6S4/c26-9-40-33-17(12-8-43-24(30)31-12)20(36)32-18-21(37)34-19(23(38)39)10(7-42-22(18)34)4-5-41-15-6-13(35)16-11(25(27,28)29)2-1-3-14(16)44-15/h1-6,8,18,22H,7,9H2,(H2,30,31)(H,32,36)(H,38,39)/b5-4+,33-17-/t18?,22-/m1/s1. The Morgan fingerprint density at radius 3 is 2.75 bits per heavy atom. The number of carbonyl (C=O) groups excluding carboxylic acids is 2. The number of anilines is 1. The Balaban J connectivity index is 1.33. The number of rotatable bonds is 9. The van der Waals surface area contributed by atoms with E-state index in [-0.39, 0.29) is 32.5 Å². The van der Waals surface area contributed by atoms with Gasteiger partial charge in [-0.25, -0.2) is 14.2 Å². The molecular weight excluding hydrogens is 671 g/mol. The highest BCUT2D eigenvalue weighted by atomic mass is 32.2. The summed E-state index contributed by atoms with van der Waals surface area (Å²) in [6, 6.07) is 3.41. The topological polar surface area (TPSA) is 164 Å². The van der Waals surface area contributed by atoms with E-state index in [1.54, 1.807) is 0 Å². The smallest absolute Gasteiger partial charge is 0.417 e. The third kappa shape index (κ3) is 6.17. The monoisotopic (exact) mass is 687 g/mol. The van der Waals surface area contributed by atoms with Crippen LogP contribution >= 0.6 is 46.2 Å². The number of fused-ring (bicyclic) bond motifs is 2. The van der Waals surface area contributed by atoms with E-state index < -0.39 is 64.3 Å². The van der Waals surface area contributed by atoms with Crippen molar-refractivity contribution in [1.82, 2.24) is 15.2 Å². The number of hydrogen-bond acceptors (Lipinski definition) is 12. The number of β-lactam (4-membered cyclic amide) rings is 1.